The molecule has 0 spiro atoms. The lowest BCUT2D eigenvalue weighted by atomic mass is 10.2. The first-order chi connectivity index (χ1) is 10.4. The van der Waals surface area contributed by atoms with E-state index in [9.17, 15) is 18.0 Å². The van der Waals surface area contributed by atoms with Crippen LogP contribution in [0.25, 0.3) is 0 Å². The Labute approximate surface area is 130 Å². The minimum Gasteiger partial charge on any atom is -0.354 e. The normalized spacial score (nSPS) is 11.5. The first kappa shape index (κ1) is 16.4. The second-order valence-electron chi connectivity index (χ2n) is 4.76. The van der Waals surface area contributed by atoms with Crippen molar-refractivity contribution in [2.45, 2.75) is 25.6 Å². The summed E-state index contributed by atoms with van der Waals surface area (Å²) in [6, 6.07) is 6.60. The van der Waals surface area contributed by atoms with Gasteiger partial charge < -0.3 is 9.88 Å². The standard InChI is InChI=1S/C15H14ClF3N2O/c16-12-6-5-11(15(17,18)19)10-13(12)20-14(22)4-3-9-21-7-1-2-8-21/h1-2,5-8,10H,3-4,9H2,(H,20,22). The topological polar surface area (TPSA) is 34.0 Å². The van der Waals surface area contributed by atoms with Crippen LogP contribution in [0.1, 0.15) is 18.4 Å². The van der Waals surface area contributed by atoms with Crippen molar-refractivity contribution in [3.8, 4) is 0 Å². The van der Waals surface area contributed by atoms with E-state index in [1.54, 1.807) is 0 Å². The maximum Gasteiger partial charge on any atom is 0.416 e. The van der Waals surface area contributed by atoms with Crippen LogP contribution in [0.5, 0.6) is 0 Å². The van der Waals surface area contributed by atoms with E-state index in [0.717, 1.165) is 18.2 Å². The summed E-state index contributed by atoms with van der Waals surface area (Å²) >= 11 is 5.82. The first-order valence-corrected chi connectivity index (χ1v) is 7.01. The fourth-order valence-corrected chi connectivity index (χ4v) is 2.12. The second kappa shape index (κ2) is 6.87. The summed E-state index contributed by atoms with van der Waals surface area (Å²) in [6.45, 7) is 0.663. The molecule has 0 bridgehead atoms. The maximum absolute atomic E-state index is 12.6. The number of rotatable bonds is 5. The molecule has 0 radical (unpaired) electrons. The van der Waals surface area contributed by atoms with Crippen molar-refractivity contribution in [2.24, 2.45) is 0 Å². The zero-order chi connectivity index (χ0) is 16.2. The Bertz CT molecular complexity index is 639. The van der Waals surface area contributed by atoms with Gasteiger partial charge in [-0.1, -0.05) is 11.6 Å². The molecule has 0 saturated heterocycles. The lowest BCUT2D eigenvalue weighted by Gasteiger charge is -2.11. The fraction of sp³-hybridized carbons (Fsp3) is 0.267. The summed E-state index contributed by atoms with van der Waals surface area (Å²) in [6.07, 6.45) is 0.0590. The summed E-state index contributed by atoms with van der Waals surface area (Å²) < 4.78 is 39.8. The van der Waals surface area contributed by atoms with E-state index in [1.165, 1.54) is 0 Å². The van der Waals surface area contributed by atoms with Crippen LogP contribution in [0.4, 0.5) is 18.9 Å². The average Bonchev–Trinajstić information content (AvgIpc) is 2.93. The van der Waals surface area contributed by atoms with Crippen molar-refractivity contribution in [2.75, 3.05) is 5.32 Å². The lowest BCUT2D eigenvalue weighted by molar-refractivity contribution is -0.137. The molecule has 2 aromatic rings. The molecule has 0 saturated carbocycles. The molecule has 3 nitrogen and oxygen atoms in total. The van der Waals surface area contributed by atoms with E-state index in [1.807, 2.05) is 29.1 Å². The van der Waals surface area contributed by atoms with Crippen LogP contribution in [0, 0.1) is 0 Å². The monoisotopic (exact) mass is 330 g/mol. The minimum atomic E-state index is -4.47. The molecule has 1 N–H and O–H groups in total. The number of nitrogens with one attached hydrogen (secondary N) is 1. The molecule has 118 valence electrons. The van der Waals surface area contributed by atoms with E-state index < -0.39 is 11.7 Å². The van der Waals surface area contributed by atoms with Gasteiger partial charge in [-0.05, 0) is 36.8 Å². The Morgan fingerprint density at radius 2 is 1.91 bits per heavy atom. The lowest BCUT2D eigenvalue weighted by Crippen LogP contribution is -2.14. The highest BCUT2D eigenvalue weighted by Gasteiger charge is 2.31. The zero-order valence-corrected chi connectivity index (χ0v) is 12.3. The van der Waals surface area contributed by atoms with Crippen LogP contribution in [0.15, 0.2) is 42.7 Å². The Balaban J connectivity index is 1.93. The number of nitrogens with zero attached hydrogens (tertiary/aromatic N) is 1. The van der Waals surface area contributed by atoms with Gasteiger partial charge in [0.05, 0.1) is 16.3 Å². The summed E-state index contributed by atoms with van der Waals surface area (Å²) in [5.74, 6) is -0.367. The average molecular weight is 331 g/mol. The molecule has 0 aliphatic carbocycles. The maximum atomic E-state index is 12.6. The fourth-order valence-electron chi connectivity index (χ4n) is 1.95. The largest absolute Gasteiger partial charge is 0.416 e. The third-order valence-corrected chi connectivity index (χ3v) is 3.38. The van der Waals surface area contributed by atoms with E-state index in [0.29, 0.717) is 13.0 Å². The number of carbonyl (C=O) groups is 1. The molecule has 1 aromatic heterocycles. The number of anilines is 1. The Morgan fingerprint density at radius 3 is 2.55 bits per heavy atom. The van der Waals surface area contributed by atoms with Gasteiger partial charge in [0.1, 0.15) is 0 Å². The number of amides is 1. The first-order valence-electron chi connectivity index (χ1n) is 6.63. The number of hydrogen-bond donors (Lipinski definition) is 1. The van der Waals surface area contributed by atoms with Gasteiger partial charge in [-0.25, -0.2) is 0 Å². The highest BCUT2D eigenvalue weighted by atomic mass is 35.5. The van der Waals surface area contributed by atoms with E-state index >= 15 is 0 Å². The quantitative estimate of drug-likeness (QED) is 0.855. The molecule has 0 atom stereocenters. The number of aryl methyl sites for hydroxylation is 1. The molecular formula is C15H14ClF3N2O. The van der Waals surface area contributed by atoms with Crippen molar-refractivity contribution >= 4 is 23.2 Å². The van der Waals surface area contributed by atoms with Crippen LogP contribution < -0.4 is 5.32 Å². The number of alkyl halides is 3. The van der Waals surface area contributed by atoms with Gasteiger partial charge in [-0.2, -0.15) is 13.2 Å². The molecule has 22 heavy (non-hydrogen) atoms. The number of hydrogen-bond acceptors (Lipinski definition) is 1. The summed E-state index contributed by atoms with van der Waals surface area (Å²) in [7, 11) is 0. The van der Waals surface area contributed by atoms with Crippen LogP contribution in [0.2, 0.25) is 5.02 Å². The SMILES string of the molecule is O=C(CCCn1cccc1)Nc1cc(C(F)(F)F)ccc1Cl. The summed E-state index contributed by atoms with van der Waals surface area (Å²) in [5.41, 5.74) is -0.873. The highest BCUT2D eigenvalue weighted by molar-refractivity contribution is 6.33. The van der Waals surface area contributed by atoms with Crippen molar-refractivity contribution < 1.29 is 18.0 Å². The Morgan fingerprint density at radius 1 is 1.23 bits per heavy atom. The van der Waals surface area contributed by atoms with Gasteiger partial charge in [0, 0.05) is 25.4 Å². The van der Waals surface area contributed by atoms with Crippen molar-refractivity contribution in [1.29, 1.82) is 0 Å². The molecule has 0 aliphatic rings. The molecule has 7 heteroatoms. The molecule has 0 aliphatic heterocycles. The van der Waals surface area contributed by atoms with Crippen LogP contribution in [-0.4, -0.2) is 10.5 Å². The number of benzene rings is 1. The van der Waals surface area contributed by atoms with Gasteiger partial charge in [-0.15, -0.1) is 0 Å². The van der Waals surface area contributed by atoms with Gasteiger partial charge in [-0.3, -0.25) is 4.79 Å². The van der Waals surface area contributed by atoms with Crippen LogP contribution in [0.3, 0.4) is 0 Å². The van der Waals surface area contributed by atoms with Crippen LogP contribution in [-0.2, 0) is 17.5 Å². The molecule has 2 rings (SSSR count). The molecule has 1 aromatic carbocycles. The number of halogens is 4. The summed E-state index contributed by atoms with van der Waals surface area (Å²) in [5, 5.41) is 2.50. The van der Waals surface area contributed by atoms with E-state index in [-0.39, 0.29) is 23.0 Å². The van der Waals surface area contributed by atoms with Gasteiger partial charge >= 0.3 is 6.18 Å². The van der Waals surface area contributed by atoms with Gasteiger partial charge in [0.15, 0.2) is 0 Å². The van der Waals surface area contributed by atoms with Gasteiger partial charge in [0.25, 0.3) is 0 Å². The predicted octanol–water partition coefficient (Wildman–Crippen LogP) is 4.58. The second-order valence-corrected chi connectivity index (χ2v) is 5.17. The van der Waals surface area contributed by atoms with E-state index in [4.69, 9.17) is 11.6 Å². The Hall–Kier alpha value is -1.95. The highest BCUT2D eigenvalue weighted by Crippen LogP contribution is 2.33. The Kier molecular flexibility index (Phi) is 5.13. The zero-order valence-electron chi connectivity index (χ0n) is 11.5. The minimum absolute atomic E-state index is 0.0255. The molecular weight excluding hydrogens is 317 g/mol. The molecule has 0 unspecified atom stereocenters. The van der Waals surface area contributed by atoms with Crippen molar-refractivity contribution in [3.05, 3.63) is 53.3 Å². The number of aromatic nitrogens is 1. The number of carbonyl (C=O) groups excluding carboxylic acids is 1. The molecule has 1 amide bonds. The third kappa shape index (κ3) is 4.53. The van der Waals surface area contributed by atoms with Crippen LogP contribution >= 0.6 is 11.6 Å². The molecule has 1 heterocycles. The van der Waals surface area contributed by atoms with Gasteiger partial charge in [0.2, 0.25) is 5.91 Å². The smallest absolute Gasteiger partial charge is 0.354 e. The molecule has 0 fully saturated rings. The van der Waals surface area contributed by atoms with E-state index in [2.05, 4.69) is 5.32 Å². The summed E-state index contributed by atoms with van der Waals surface area (Å²) in [4.78, 5) is 11.8. The van der Waals surface area contributed by atoms with Crippen molar-refractivity contribution in [1.82, 2.24) is 4.57 Å². The third-order valence-electron chi connectivity index (χ3n) is 3.05. The van der Waals surface area contributed by atoms with Crippen molar-refractivity contribution in [3.63, 3.8) is 0 Å². The predicted molar refractivity (Wildman–Crippen MR) is 78.7 cm³/mol.